The molecule has 2 amide bonds. The van der Waals surface area contributed by atoms with Gasteiger partial charge in [0, 0.05) is 32.0 Å². The SMILES string of the molecule is CCC1CC2C(CC3/C=C/CCC(=O)C4=C(O)C(C(O)CCNC(=O)/C=C/C=C/C(=O)C32)N(C)C4=O)C1C. The predicted molar refractivity (Wildman–Crippen MR) is 143 cm³/mol. The summed E-state index contributed by atoms with van der Waals surface area (Å²) in [6.45, 7) is 4.62. The fourth-order valence-electron chi connectivity index (χ4n) is 7.24. The van der Waals surface area contributed by atoms with Crippen LogP contribution < -0.4 is 5.32 Å². The van der Waals surface area contributed by atoms with E-state index < -0.39 is 29.6 Å². The Bertz CT molecular complexity index is 1090. The van der Waals surface area contributed by atoms with Gasteiger partial charge in [-0.1, -0.05) is 44.6 Å². The zero-order chi connectivity index (χ0) is 27.6. The second-order valence-corrected chi connectivity index (χ2v) is 11.3. The van der Waals surface area contributed by atoms with Crippen molar-refractivity contribution < 1.29 is 29.4 Å². The zero-order valence-electron chi connectivity index (χ0n) is 22.5. The third-order valence-electron chi connectivity index (χ3n) is 9.27. The highest BCUT2D eigenvalue weighted by molar-refractivity contribution is 6.21. The molecule has 0 spiro atoms. The van der Waals surface area contributed by atoms with Gasteiger partial charge in [0.25, 0.3) is 5.91 Å². The predicted octanol–water partition coefficient (Wildman–Crippen LogP) is 3.04. The average molecular weight is 525 g/mol. The standard InChI is InChI=1S/C30H40N2O6/c1-4-18-15-21-20(17(18)2)16-19-9-5-6-11-23(34)27-29(37)28(32(3)30(27)38)24(35)13-14-31-25(36)12-8-7-10-22(33)26(19)21/h5,7-10,12,17-21,24,26,28,35,37H,4,6,11,13-16H2,1-3H3,(H,31,36)/b9-5+,10-7+,12-8+. The summed E-state index contributed by atoms with van der Waals surface area (Å²) in [6, 6.07) is -1.03. The first-order chi connectivity index (χ1) is 18.1. The Morgan fingerprint density at radius 3 is 2.55 bits per heavy atom. The summed E-state index contributed by atoms with van der Waals surface area (Å²) in [6.07, 6.45) is 12.5. The molecule has 8 atom stereocenters. The van der Waals surface area contributed by atoms with Crippen LogP contribution in [-0.4, -0.2) is 64.2 Å². The first-order valence-corrected chi connectivity index (χ1v) is 13.9. The molecule has 2 fully saturated rings. The number of Topliss-reactive ketones (excluding diaryl/α,β-unsaturated/α-hetero) is 1. The Morgan fingerprint density at radius 2 is 1.82 bits per heavy atom. The molecule has 2 bridgehead atoms. The zero-order valence-corrected chi connectivity index (χ0v) is 22.5. The molecule has 0 saturated heterocycles. The van der Waals surface area contributed by atoms with E-state index in [0.717, 1.165) is 19.3 Å². The molecule has 0 radical (unpaired) electrons. The Morgan fingerprint density at radius 1 is 1.08 bits per heavy atom. The quantitative estimate of drug-likeness (QED) is 0.358. The van der Waals surface area contributed by atoms with Crippen LogP contribution in [0.3, 0.4) is 0 Å². The molecule has 0 aromatic carbocycles. The van der Waals surface area contributed by atoms with Gasteiger partial charge in [-0.15, -0.1) is 0 Å². The molecule has 0 aromatic rings. The van der Waals surface area contributed by atoms with Crippen LogP contribution in [0.5, 0.6) is 0 Å². The minimum absolute atomic E-state index is 0.0472. The van der Waals surface area contributed by atoms with E-state index in [2.05, 4.69) is 25.2 Å². The number of rotatable bonds is 1. The van der Waals surface area contributed by atoms with Crippen molar-refractivity contribution in [3.05, 3.63) is 47.8 Å². The molecule has 8 nitrogen and oxygen atoms in total. The fraction of sp³-hybridized carbons (Fsp3) is 0.600. The molecule has 3 N–H and O–H groups in total. The second kappa shape index (κ2) is 11.8. The third kappa shape index (κ3) is 5.41. The topological polar surface area (TPSA) is 124 Å². The molecule has 4 rings (SSSR count). The molecule has 0 aromatic heterocycles. The van der Waals surface area contributed by atoms with Crippen molar-refractivity contribution in [1.82, 2.24) is 10.2 Å². The monoisotopic (exact) mass is 524 g/mol. The van der Waals surface area contributed by atoms with Crippen molar-refractivity contribution in [2.75, 3.05) is 13.6 Å². The first-order valence-electron chi connectivity index (χ1n) is 13.9. The van der Waals surface area contributed by atoms with E-state index in [1.54, 1.807) is 18.2 Å². The van der Waals surface area contributed by atoms with E-state index in [-0.39, 0.29) is 48.5 Å². The van der Waals surface area contributed by atoms with Gasteiger partial charge >= 0.3 is 0 Å². The Balaban J connectivity index is 1.58. The molecule has 206 valence electrons. The lowest BCUT2D eigenvalue weighted by molar-refractivity contribution is -0.129. The molecule has 2 aliphatic heterocycles. The molecule has 4 aliphatic rings. The van der Waals surface area contributed by atoms with Gasteiger partial charge in [-0.25, -0.2) is 0 Å². The number of aliphatic hydroxyl groups is 2. The largest absolute Gasteiger partial charge is 0.509 e. The molecule has 38 heavy (non-hydrogen) atoms. The third-order valence-corrected chi connectivity index (χ3v) is 9.27. The number of nitrogens with zero attached hydrogens (tertiary/aromatic N) is 1. The van der Waals surface area contributed by atoms with Crippen LogP contribution in [0.1, 0.15) is 52.4 Å². The van der Waals surface area contributed by atoms with Gasteiger partial charge in [0.15, 0.2) is 11.6 Å². The summed E-state index contributed by atoms with van der Waals surface area (Å²) >= 11 is 0. The molecule has 2 saturated carbocycles. The van der Waals surface area contributed by atoms with Crippen LogP contribution in [-0.2, 0) is 19.2 Å². The summed E-state index contributed by atoms with van der Waals surface area (Å²) < 4.78 is 0. The number of carbonyl (C=O) groups is 4. The normalized spacial score (nSPS) is 39.5. The van der Waals surface area contributed by atoms with Crippen LogP contribution >= 0.6 is 0 Å². The molecular formula is C30H40N2O6. The maximum atomic E-state index is 13.4. The van der Waals surface area contributed by atoms with Gasteiger partial charge in [-0.2, -0.15) is 0 Å². The van der Waals surface area contributed by atoms with Crippen LogP contribution in [0.15, 0.2) is 47.8 Å². The average Bonchev–Trinajstić information content (AvgIpc) is 3.46. The lowest BCUT2D eigenvalue weighted by Crippen LogP contribution is -2.42. The van der Waals surface area contributed by atoms with Gasteiger partial charge in [0.1, 0.15) is 17.4 Å². The van der Waals surface area contributed by atoms with Crippen molar-refractivity contribution in [2.45, 2.75) is 64.5 Å². The second-order valence-electron chi connectivity index (χ2n) is 11.3. The summed E-state index contributed by atoms with van der Waals surface area (Å²) in [5.41, 5.74) is -0.278. The molecule has 8 unspecified atom stereocenters. The molecular weight excluding hydrogens is 484 g/mol. The van der Waals surface area contributed by atoms with Crippen LogP contribution in [0.4, 0.5) is 0 Å². The van der Waals surface area contributed by atoms with Gasteiger partial charge in [-0.05, 0) is 61.3 Å². The minimum atomic E-state index is -1.16. The highest BCUT2D eigenvalue weighted by Crippen LogP contribution is 2.56. The number of amides is 2. The highest BCUT2D eigenvalue weighted by Gasteiger charge is 2.52. The van der Waals surface area contributed by atoms with E-state index in [4.69, 9.17) is 0 Å². The number of fused-ring (bicyclic) bond motifs is 4. The van der Waals surface area contributed by atoms with E-state index >= 15 is 0 Å². The lowest BCUT2D eigenvalue weighted by Gasteiger charge is -2.25. The van der Waals surface area contributed by atoms with Crippen molar-refractivity contribution in [1.29, 1.82) is 0 Å². The number of aliphatic hydroxyl groups excluding tert-OH is 2. The van der Waals surface area contributed by atoms with Crippen LogP contribution in [0.25, 0.3) is 0 Å². The number of hydrogen-bond donors (Lipinski definition) is 3. The van der Waals surface area contributed by atoms with Crippen molar-refractivity contribution in [3.63, 3.8) is 0 Å². The maximum absolute atomic E-state index is 13.4. The fourth-order valence-corrected chi connectivity index (χ4v) is 7.24. The molecule has 2 aliphatic carbocycles. The number of likely N-dealkylation sites (N-methyl/N-ethyl adjacent to an activating group) is 1. The lowest BCUT2D eigenvalue weighted by atomic mass is 9.82. The van der Waals surface area contributed by atoms with Gasteiger partial charge < -0.3 is 20.4 Å². The Labute approximate surface area is 224 Å². The number of allylic oxidation sites excluding steroid dienone is 5. The van der Waals surface area contributed by atoms with Gasteiger partial charge in [-0.3, -0.25) is 19.2 Å². The van der Waals surface area contributed by atoms with Gasteiger partial charge in [0.2, 0.25) is 5.91 Å². The van der Waals surface area contributed by atoms with E-state index in [1.807, 2.05) is 6.08 Å². The highest BCUT2D eigenvalue weighted by atomic mass is 16.3. The summed E-state index contributed by atoms with van der Waals surface area (Å²) in [5.74, 6) is 0.120. The number of ketones is 2. The minimum Gasteiger partial charge on any atom is -0.509 e. The summed E-state index contributed by atoms with van der Waals surface area (Å²) in [7, 11) is 1.44. The molecule has 2 heterocycles. The number of hydrogen-bond acceptors (Lipinski definition) is 6. The number of carbonyl (C=O) groups excluding carboxylic acids is 4. The van der Waals surface area contributed by atoms with E-state index in [9.17, 15) is 29.4 Å². The van der Waals surface area contributed by atoms with Crippen LogP contribution in [0, 0.1) is 35.5 Å². The first kappa shape index (κ1) is 28.0. The van der Waals surface area contributed by atoms with E-state index in [0.29, 0.717) is 30.1 Å². The number of nitrogens with one attached hydrogen (secondary N) is 1. The Kier molecular flexibility index (Phi) is 8.71. The van der Waals surface area contributed by atoms with Crippen molar-refractivity contribution in [3.8, 4) is 0 Å². The molecule has 8 heteroatoms. The van der Waals surface area contributed by atoms with Gasteiger partial charge in [0.05, 0.1) is 6.10 Å². The smallest absolute Gasteiger partial charge is 0.261 e. The summed E-state index contributed by atoms with van der Waals surface area (Å²) in [5, 5.41) is 23.9. The van der Waals surface area contributed by atoms with Crippen molar-refractivity contribution in [2.24, 2.45) is 35.5 Å². The maximum Gasteiger partial charge on any atom is 0.261 e. The summed E-state index contributed by atoms with van der Waals surface area (Å²) in [4.78, 5) is 52.4. The van der Waals surface area contributed by atoms with Crippen molar-refractivity contribution >= 4 is 23.4 Å². The Hall–Kier alpha value is -3.00. The van der Waals surface area contributed by atoms with Crippen LogP contribution in [0.2, 0.25) is 0 Å². The van der Waals surface area contributed by atoms with E-state index in [1.165, 1.54) is 18.0 Å².